The minimum atomic E-state index is -2.06. The maximum Gasteiger partial charge on any atom is 0.407 e. The Balaban J connectivity index is 1.44. The highest BCUT2D eigenvalue weighted by atomic mass is 19.1. The molecule has 0 bridgehead atoms. The molecule has 0 unspecified atom stereocenters. The Kier molecular flexibility index (Phi) is 8.36. The van der Waals surface area contributed by atoms with Crippen molar-refractivity contribution in [3.8, 4) is 0 Å². The average Bonchev–Trinajstić information content (AvgIpc) is 3.10. The van der Waals surface area contributed by atoms with E-state index in [4.69, 9.17) is 4.74 Å². The monoisotopic (exact) mass is 562 g/mol. The molecule has 4 rings (SSSR count). The Hall–Kier alpha value is -2.59. The van der Waals surface area contributed by atoms with Crippen LogP contribution in [0.15, 0.2) is 23.8 Å². The van der Waals surface area contributed by atoms with E-state index < -0.39 is 64.4 Å². The zero-order valence-electron chi connectivity index (χ0n) is 23.9. The van der Waals surface area contributed by atoms with Crippen LogP contribution in [0.4, 0.5) is 9.18 Å². The van der Waals surface area contributed by atoms with E-state index in [0.717, 1.165) is 12.8 Å². The van der Waals surface area contributed by atoms with Gasteiger partial charge in [-0.1, -0.05) is 38.8 Å². The zero-order valence-corrected chi connectivity index (χ0v) is 23.9. The highest BCUT2D eigenvalue weighted by molar-refractivity contribution is 6.01. The van der Waals surface area contributed by atoms with Crippen LogP contribution in [0.2, 0.25) is 0 Å². The molecule has 4 aliphatic rings. The van der Waals surface area contributed by atoms with Gasteiger partial charge in [0.25, 0.3) is 0 Å². The second-order valence-electron chi connectivity index (χ2n) is 12.5. The van der Waals surface area contributed by atoms with Crippen molar-refractivity contribution in [1.82, 2.24) is 10.6 Å². The Bertz CT molecular complexity index is 1120. The maximum absolute atomic E-state index is 17.2. The second kappa shape index (κ2) is 11.0. The Morgan fingerprint density at radius 3 is 2.60 bits per heavy atom. The summed E-state index contributed by atoms with van der Waals surface area (Å²) in [4.78, 5) is 49.5. The first kappa shape index (κ1) is 30.4. The van der Waals surface area contributed by atoms with Gasteiger partial charge in [-0.25, -0.2) is 9.18 Å². The van der Waals surface area contributed by atoms with Crippen molar-refractivity contribution >= 4 is 23.6 Å². The largest absolute Gasteiger partial charge is 0.441 e. The van der Waals surface area contributed by atoms with E-state index in [1.807, 2.05) is 6.92 Å². The van der Waals surface area contributed by atoms with Gasteiger partial charge in [-0.15, -0.1) is 0 Å². The standard InChI is InChI=1S/C30H43FN2O7/c1-5-6-12-32-25(37)10-13-33-26(38)40-17-24(36)30(39)18(2)14-22-21-8-7-19-15-20(34)9-11-27(19,3)29(21,31)23(35)16-28(22,30)4/h9,11,15,18,21-23,35,39H,5-8,10,12-14,16-17H2,1-4H3,(H,32,37)(H,33,38)/t18-,21+,22+,23+,27+,28+,29+,30+/m1/s1. The summed E-state index contributed by atoms with van der Waals surface area (Å²) in [7, 11) is 0. The Labute approximate surface area is 235 Å². The number of nitrogens with one attached hydrogen (secondary N) is 2. The number of ketones is 2. The fourth-order valence-corrected chi connectivity index (χ4v) is 8.20. The molecular formula is C30H43FN2O7. The molecule has 0 aromatic heterocycles. The van der Waals surface area contributed by atoms with E-state index >= 15 is 4.39 Å². The lowest BCUT2D eigenvalue weighted by atomic mass is 9.44. The third kappa shape index (κ3) is 4.61. The molecule has 3 fully saturated rings. The number of alkyl carbamates (subject to hydrolysis) is 1. The van der Waals surface area contributed by atoms with Crippen molar-refractivity contribution in [2.75, 3.05) is 19.7 Å². The van der Waals surface area contributed by atoms with Crippen molar-refractivity contribution in [1.29, 1.82) is 0 Å². The molecule has 0 aromatic rings. The molecule has 4 aliphatic carbocycles. The molecule has 40 heavy (non-hydrogen) atoms. The number of carbonyl (C=O) groups is 4. The van der Waals surface area contributed by atoms with Gasteiger partial charge in [0.1, 0.15) is 5.60 Å². The van der Waals surface area contributed by atoms with Crippen LogP contribution in [-0.2, 0) is 19.1 Å². The number of allylic oxidation sites excluding steroid dienone is 4. The molecule has 0 heterocycles. The van der Waals surface area contributed by atoms with Crippen LogP contribution in [0.1, 0.15) is 72.6 Å². The van der Waals surface area contributed by atoms with Gasteiger partial charge in [-0.3, -0.25) is 14.4 Å². The van der Waals surface area contributed by atoms with E-state index in [2.05, 4.69) is 10.6 Å². The van der Waals surface area contributed by atoms with E-state index in [9.17, 15) is 29.4 Å². The van der Waals surface area contributed by atoms with Crippen molar-refractivity contribution in [3.63, 3.8) is 0 Å². The summed E-state index contributed by atoms with van der Waals surface area (Å²) >= 11 is 0. The van der Waals surface area contributed by atoms with E-state index in [-0.39, 0.29) is 31.1 Å². The number of Topliss-reactive ketones (excluding diaryl/α,β-unsaturated/α-hetero) is 1. The second-order valence-corrected chi connectivity index (χ2v) is 12.5. The summed E-state index contributed by atoms with van der Waals surface area (Å²) in [6.45, 7) is 7.11. The van der Waals surface area contributed by atoms with Crippen LogP contribution in [0.5, 0.6) is 0 Å². The lowest BCUT2D eigenvalue weighted by Gasteiger charge is -2.62. The van der Waals surface area contributed by atoms with Gasteiger partial charge in [-0.2, -0.15) is 0 Å². The average molecular weight is 563 g/mol. The third-order valence-electron chi connectivity index (χ3n) is 10.5. The number of aliphatic hydroxyl groups is 2. The van der Waals surface area contributed by atoms with Crippen LogP contribution >= 0.6 is 0 Å². The minimum absolute atomic E-state index is 0.0349. The lowest BCUT2D eigenvalue weighted by Crippen LogP contribution is -2.69. The molecular weight excluding hydrogens is 519 g/mol. The molecule has 9 nitrogen and oxygen atoms in total. The third-order valence-corrected chi connectivity index (χ3v) is 10.5. The van der Waals surface area contributed by atoms with Gasteiger partial charge < -0.3 is 25.6 Å². The summed E-state index contributed by atoms with van der Waals surface area (Å²) in [6.07, 6.45) is 5.01. The summed E-state index contributed by atoms with van der Waals surface area (Å²) in [6, 6.07) is 0. The number of ether oxygens (including phenoxy) is 1. The molecule has 0 radical (unpaired) electrons. The first-order chi connectivity index (χ1) is 18.8. The number of hydrogen-bond donors (Lipinski definition) is 4. The molecule has 0 aliphatic heterocycles. The van der Waals surface area contributed by atoms with E-state index in [1.54, 1.807) is 26.8 Å². The minimum Gasteiger partial charge on any atom is -0.441 e. The summed E-state index contributed by atoms with van der Waals surface area (Å²) in [5.41, 5.74) is -5.64. The van der Waals surface area contributed by atoms with Gasteiger partial charge in [-0.05, 0) is 63.0 Å². The van der Waals surface area contributed by atoms with Crippen LogP contribution in [-0.4, -0.2) is 70.9 Å². The SMILES string of the molecule is CCCCNC(=O)CCNC(=O)OCC(=O)[C@@]1(O)[C@H](C)C[C@H]2[C@@H]3CCC4=CC(=O)C=C[C@]4(C)[C@@]3(F)[C@@H](O)C[C@@]21C. The Morgan fingerprint density at radius 2 is 1.90 bits per heavy atom. The zero-order chi connectivity index (χ0) is 29.5. The fourth-order valence-electron chi connectivity index (χ4n) is 8.20. The number of halogens is 1. The number of carbonyl (C=O) groups excluding carboxylic acids is 4. The van der Waals surface area contributed by atoms with Gasteiger partial charge >= 0.3 is 6.09 Å². The van der Waals surface area contributed by atoms with E-state index in [0.29, 0.717) is 31.4 Å². The highest BCUT2D eigenvalue weighted by Crippen LogP contribution is 2.70. The first-order valence-electron chi connectivity index (χ1n) is 14.5. The molecule has 0 aromatic carbocycles. The number of rotatable bonds is 9. The van der Waals surface area contributed by atoms with Gasteiger partial charge in [0, 0.05) is 36.3 Å². The smallest absolute Gasteiger partial charge is 0.407 e. The first-order valence-corrected chi connectivity index (χ1v) is 14.5. The molecule has 0 spiro atoms. The van der Waals surface area contributed by atoms with Crippen LogP contribution in [0.25, 0.3) is 0 Å². The van der Waals surface area contributed by atoms with Crippen molar-refractivity contribution in [2.45, 2.75) is 90.0 Å². The van der Waals surface area contributed by atoms with Crippen molar-refractivity contribution in [3.05, 3.63) is 23.8 Å². The van der Waals surface area contributed by atoms with E-state index in [1.165, 1.54) is 12.2 Å². The van der Waals surface area contributed by atoms with Crippen molar-refractivity contribution in [2.24, 2.45) is 28.6 Å². The molecule has 8 atom stereocenters. The summed E-state index contributed by atoms with van der Waals surface area (Å²) in [5.74, 6) is -2.70. The van der Waals surface area contributed by atoms with Gasteiger partial charge in [0.05, 0.1) is 6.10 Å². The lowest BCUT2D eigenvalue weighted by molar-refractivity contribution is -0.219. The maximum atomic E-state index is 17.2. The van der Waals surface area contributed by atoms with Gasteiger partial charge in [0.2, 0.25) is 11.7 Å². The van der Waals surface area contributed by atoms with Crippen LogP contribution in [0, 0.1) is 28.6 Å². The summed E-state index contributed by atoms with van der Waals surface area (Å²) in [5, 5.41) is 28.5. The summed E-state index contributed by atoms with van der Waals surface area (Å²) < 4.78 is 22.3. The number of unbranched alkanes of at least 4 members (excludes halogenated alkanes) is 1. The predicted molar refractivity (Wildman–Crippen MR) is 145 cm³/mol. The fraction of sp³-hybridized carbons (Fsp3) is 0.733. The number of fused-ring (bicyclic) bond motifs is 5. The quantitative estimate of drug-likeness (QED) is 0.317. The molecule has 0 saturated heterocycles. The normalized spacial score (nSPS) is 39.9. The number of alkyl halides is 1. The Morgan fingerprint density at radius 1 is 1.18 bits per heavy atom. The van der Waals surface area contributed by atoms with Crippen molar-refractivity contribution < 1.29 is 38.5 Å². The molecule has 10 heteroatoms. The molecule has 2 amide bonds. The number of aliphatic hydroxyl groups excluding tert-OH is 1. The number of hydrogen-bond acceptors (Lipinski definition) is 7. The van der Waals surface area contributed by atoms with Crippen LogP contribution in [0.3, 0.4) is 0 Å². The highest BCUT2D eigenvalue weighted by Gasteiger charge is 2.75. The van der Waals surface area contributed by atoms with Gasteiger partial charge in [0.15, 0.2) is 18.1 Å². The molecule has 4 N–H and O–H groups in total. The van der Waals surface area contributed by atoms with Crippen LogP contribution < -0.4 is 10.6 Å². The number of amides is 2. The molecule has 222 valence electrons. The predicted octanol–water partition coefficient (Wildman–Crippen LogP) is 2.94. The molecule has 3 saturated carbocycles. The topological polar surface area (TPSA) is 142 Å².